The van der Waals surface area contributed by atoms with Crippen molar-refractivity contribution < 1.29 is 22.7 Å². The largest absolute Gasteiger partial charge is 0.467 e. The zero-order valence-corrected chi connectivity index (χ0v) is 24.3. The van der Waals surface area contributed by atoms with E-state index in [1.807, 2.05) is 12.1 Å². The van der Waals surface area contributed by atoms with Gasteiger partial charge >= 0.3 is 5.97 Å². The number of fused-ring (bicyclic) bond motifs is 1. The molecule has 0 N–H and O–H groups in total. The average Bonchev–Trinajstić information content (AvgIpc) is 3.31. The summed E-state index contributed by atoms with van der Waals surface area (Å²) >= 11 is 7.15. The third-order valence-electron chi connectivity index (χ3n) is 7.81. The number of esters is 1. The van der Waals surface area contributed by atoms with E-state index in [9.17, 15) is 18.0 Å². The summed E-state index contributed by atoms with van der Waals surface area (Å²) in [4.78, 5) is 34.6. The number of methoxy groups -OCH3 is 1. The van der Waals surface area contributed by atoms with Gasteiger partial charge < -0.3 is 9.64 Å². The number of piperazine rings is 1. The highest BCUT2D eigenvalue weighted by Gasteiger charge is 2.43. The average molecular weight is 601 g/mol. The van der Waals surface area contributed by atoms with E-state index in [-0.39, 0.29) is 29.9 Å². The lowest BCUT2D eigenvalue weighted by atomic mass is 9.92. The van der Waals surface area contributed by atoms with Crippen LogP contribution < -0.4 is 0 Å². The van der Waals surface area contributed by atoms with E-state index in [4.69, 9.17) is 16.3 Å². The molecule has 0 saturated carbocycles. The highest BCUT2D eigenvalue weighted by molar-refractivity contribution is 7.91. The van der Waals surface area contributed by atoms with Crippen LogP contribution in [0.1, 0.15) is 30.0 Å². The van der Waals surface area contributed by atoms with Crippen molar-refractivity contribution in [1.82, 2.24) is 14.1 Å². The topological polar surface area (TPSA) is 99.6 Å². The van der Waals surface area contributed by atoms with Crippen molar-refractivity contribution in [3.63, 3.8) is 0 Å². The number of ether oxygens (including phenoxy) is 1. The van der Waals surface area contributed by atoms with E-state index in [0.717, 1.165) is 57.3 Å². The van der Waals surface area contributed by atoms with Gasteiger partial charge in [0.2, 0.25) is 5.91 Å². The minimum atomic E-state index is -4.03. The van der Waals surface area contributed by atoms with E-state index in [0.29, 0.717) is 5.02 Å². The van der Waals surface area contributed by atoms with Crippen LogP contribution in [0.5, 0.6) is 0 Å². The normalized spacial score (nSPS) is 21.1. The zero-order valence-electron chi connectivity index (χ0n) is 22.0. The molecule has 12 heteroatoms. The fourth-order valence-electron chi connectivity index (χ4n) is 5.40. The molecule has 1 amide bonds. The standard InChI is InChI=1S/C28H29ClN4O5S2/c1-38-28(35)23-16-32(40(36,37)26-13-20-7-8-21(29)14-24(20)39-26)17-25(34)33(23)15-18-3-5-19(6-4-18)27(22-9-10-30-22)31-11-2-12-31/h3-8,13-14,23,27H,2,9-12,15-17H2,1H3/t23-,27?/m1/s1. The Bertz CT molecular complexity index is 1600. The number of likely N-dealkylation sites (tertiary alicyclic amines) is 1. The lowest BCUT2D eigenvalue weighted by molar-refractivity contribution is -0.157. The van der Waals surface area contributed by atoms with Crippen molar-refractivity contribution in [2.45, 2.75) is 35.7 Å². The molecule has 2 saturated heterocycles. The Morgan fingerprint density at radius 2 is 1.93 bits per heavy atom. The summed E-state index contributed by atoms with van der Waals surface area (Å²) in [5.41, 5.74) is 3.23. The van der Waals surface area contributed by atoms with Gasteiger partial charge in [0.05, 0.1) is 19.7 Å². The fourth-order valence-corrected chi connectivity index (χ4v) is 8.63. The molecule has 0 spiro atoms. The van der Waals surface area contributed by atoms with Crippen molar-refractivity contribution in [2.24, 2.45) is 4.99 Å². The van der Waals surface area contributed by atoms with Crippen LogP contribution in [0.4, 0.5) is 0 Å². The van der Waals surface area contributed by atoms with Crippen LogP contribution in [0, 0.1) is 0 Å². The van der Waals surface area contributed by atoms with Gasteiger partial charge in [0.1, 0.15) is 10.3 Å². The number of hydrogen-bond acceptors (Lipinski definition) is 8. The Hall–Kier alpha value is -2.83. The predicted molar refractivity (Wildman–Crippen MR) is 154 cm³/mol. The van der Waals surface area contributed by atoms with Crippen molar-refractivity contribution >= 4 is 60.6 Å². The van der Waals surface area contributed by atoms with Crippen molar-refractivity contribution in [2.75, 3.05) is 39.8 Å². The minimum Gasteiger partial charge on any atom is -0.467 e. The second-order valence-corrected chi connectivity index (χ2v) is 13.9. The van der Waals surface area contributed by atoms with Gasteiger partial charge in [0, 0.05) is 54.6 Å². The second kappa shape index (κ2) is 10.9. The highest BCUT2D eigenvalue weighted by Crippen LogP contribution is 2.34. The maximum absolute atomic E-state index is 13.5. The number of thiophene rings is 1. The molecule has 40 heavy (non-hydrogen) atoms. The smallest absolute Gasteiger partial charge is 0.329 e. The van der Waals surface area contributed by atoms with E-state index in [2.05, 4.69) is 22.0 Å². The summed E-state index contributed by atoms with van der Waals surface area (Å²) in [6, 6.07) is 13.9. The Kier molecular flexibility index (Phi) is 7.43. The number of hydrogen-bond donors (Lipinski definition) is 0. The highest BCUT2D eigenvalue weighted by atomic mass is 35.5. The Morgan fingerprint density at radius 3 is 2.55 bits per heavy atom. The third-order valence-corrected chi connectivity index (χ3v) is 11.4. The molecule has 1 unspecified atom stereocenters. The summed E-state index contributed by atoms with van der Waals surface area (Å²) < 4.78 is 34.0. The number of aliphatic imine (C=N–C) groups is 1. The number of nitrogens with zero attached hydrogens (tertiary/aromatic N) is 4. The van der Waals surface area contributed by atoms with Crippen LogP contribution in [0.2, 0.25) is 5.02 Å². The molecular weight excluding hydrogens is 572 g/mol. The van der Waals surface area contributed by atoms with Gasteiger partial charge in [-0.15, -0.1) is 11.3 Å². The Balaban J connectivity index is 1.22. The van der Waals surface area contributed by atoms with Crippen LogP contribution in [0.25, 0.3) is 10.1 Å². The number of amides is 1. The molecule has 1 aromatic heterocycles. The molecule has 2 atom stereocenters. The van der Waals surface area contributed by atoms with Crippen molar-refractivity contribution in [1.29, 1.82) is 0 Å². The van der Waals surface area contributed by atoms with Crippen molar-refractivity contribution in [3.05, 3.63) is 64.7 Å². The number of carbonyl (C=O) groups excluding carboxylic acids is 2. The van der Waals surface area contributed by atoms with E-state index < -0.39 is 27.9 Å². The van der Waals surface area contributed by atoms with Crippen LogP contribution >= 0.6 is 22.9 Å². The number of carbonyl (C=O) groups is 2. The lowest BCUT2D eigenvalue weighted by Gasteiger charge is -2.41. The van der Waals surface area contributed by atoms with Gasteiger partial charge in [-0.2, -0.15) is 4.31 Å². The molecule has 0 radical (unpaired) electrons. The second-order valence-electron chi connectivity index (χ2n) is 10.3. The molecule has 3 aromatic rings. The lowest BCUT2D eigenvalue weighted by Crippen LogP contribution is -2.60. The molecule has 0 aliphatic carbocycles. The van der Waals surface area contributed by atoms with E-state index >= 15 is 0 Å². The van der Waals surface area contributed by atoms with Gasteiger partial charge in [-0.3, -0.25) is 14.7 Å². The quantitative estimate of drug-likeness (QED) is 0.366. The first-order valence-corrected chi connectivity index (χ1v) is 15.8. The maximum Gasteiger partial charge on any atom is 0.329 e. The molecule has 2 fully saturated rings. The van der Waals surface area contributed by atoms with Crippen molar-refractivity contribution in [3.8, 4) is 0 Å². The first-order valence-electron chi connectivity index (χ1n) is 13.2. The minimum absolute atomic E-state index is 0.0954. The van der Waals surface area contributed by atoms with Gasteiger partial charge in [-0.05, 0) is 41.1 Å². The molecular formula is C28H29ClN4O5S2. The molecule has 6 rings (SSSR count). The maximum atomic E-state index is 13.5. The monoisotopic (exact) mass is 600 g/mol. The summed E-state index contributed by atoms with van der Waals surface area (Å²) in [6.45, 7) is 2.62. The first kappa shape index (κ1) is 27.3. The van der Waals surface area contributed by atoms with Gasteiger partial charge in [0.15, 0.2) is 0 Å². The van der Waals surface area contributed by atoms with E-state index in [1.54, 1.807) is 24.3 Å². The first-order chi connectivity index (χ1) is 19.2. The summed E-state index contributed by atoms with van der Waals surface area (Å²) in [5.74, 6) is -1.12. The molecule has 4 heterocycles. The molecule has 0 bridgehead atoms. The number of halogens is 1. The summed E-state index contributed by atoms with van der Waals surface area (Å²) in [6.07, 6.45) is 2.21. The third kappa shape index (κ3) is 5.05. The van der Waals surface area contributed by atoms with Gasteiger partial charge in [0.25, 0.3) is 10.0 Å². The van der Waals surface area contributed by atoms with Crippen LogP contribution in [-0.4, -0.2) is 86.0 Å². The summed E-state index contributed by atoms with van der Waals surface area (Å²) in [5, 5.41) is 1.25. The molecule has 210 valence electrons. The summed E-state index contributed by atoms with van der Waals surface area (Å²) in [7, 11) is -2.79. The molecule has 2 aromatic carbocycles. The van der Waals surface area contributed by atoms with Crippen LogP contribution in [-0.2, 0) is 30.9 Å². The fraction of sp³-hybridized carbons (Fsp3) is 0.393. The van der Waals surface area contributed by atoms with Gasteiger partial charge in [-0.1, -0.05) is 41.9 Å². The number of rotatable bonds is 8. The number of benzene rings is 2. The van der Waals surface area contributed by atoms with Crippen LogP contribution in [0.15, 0.2) is 57.7 Å². The molecule has 3 aliphatic rings. The number of sulfonamides is 1. The van der Waals surface area contributed by atoms with Crippen LogP contribution in [0.3, 0.4) is 0 Å². The predicted octanol–water partition coefficient (Wildman–Crippen LogP) is 3.72. The van der Waals surface area contributed by atoms with Gasteiger partial charge in [-0.25, -0.2) is 13.2 Å². The Morgan fingerprint density at radius 1 is 1.18 bits per heavy atom. The van der Waals surface area contributed by atoms with E-state index in [1.165, 1.54) is 29.7 Å². The SMILES string of the molecule is COC(=O)[C@H]1CN(S(=O)(=O)c2cc3ccc(Cl)cc3s2)CC(=O)N1Cc1ccc(C(C2=NCC2)N2CCC2)cc1. The Labute approximate surface area is 242 Å². The molecule has 9 nitrogen and oxygen atoms in total. The molecule has 3 aliphatic heterocycles. The zero-order chi connectivity index (χ0) is 28.0.